The van der Waals surface area contributed by atoms with Crippen LogP contribution in [-0.2, 0) is 6.54 Å². The highest BCUT2D eigenvalue weighted by molar-refractivity contribution is 5.87. The van der Waals surface area contributed by atoms with Crippen LogP contribution in [0.2, 0.25) is 0 Å². The predicted octanol–water partition coefficient (Wildman–Crippen LogP) is 2.15. The summed E-state index contributed by atoms with van der Waals surface area (Å²) in [6, 6.07) is 1.31. The first-order valence-corrected chi connectivity index (χ1v) is 5.55. The Morgan fingerprint density at radius 1 is 1.41 bits per heavy atom. The molecule has 1 aliphatic rings. The van der Waals surface area contributed by atoms with E-state index in [1.807, 2.05) is 10.8 Å². The molecule has 3 rings (SSSR count). The van der Waals surface area contributed by atoms with Gasteiger partial charge in [0.25, 0.3) is 0 Å². The lowest BCUT2D eigenvalue weighted by Crippen LogP contribution is -2.21. The SMILES string of the molecule is Cc1c(F)cc2c(=O)c(C)cn3c2c1OCC3. The number of benzene rings is 1. The Labute approximate surface area is 97.4 Å². The van der Waals surface area contributed by atoms with Crippen LogP contribution in [0.25, 0.3) is 10.9 Å². The molecule has 0 saturated carbocycles. The van der Waals surface area contributed by atoms with Gasteiger partial charge in [0.05, 0.1) is 17.4 Å². The minimum absolute atomic E-state index is 0.123. The fraction of sp³-hybridized carbons (Fsp3) is 0.308. The van der Waals surface area contributed by atoms with Crippen LogP contribution in [0.1, 0.15) is 11.1 Å². The Morgan fingerprint density at radius 3 is 2.94 bits per heavy atom. The van der Waals surface area contributed by atoms with E-state index in [0.29, 0.717) is 40.9 Å². The monoisotopic (exact) mass is 233 g/mol. The minimum Gasteiger partial charge on any atom is -0.489 e. The van der Waals surface area contributed by atoms with Crippen molar-refractivity contribution in [2.45, 2.75) is 20.4 Å². The highest BCUT2D eigenvalue weighted by atomic mass is 19.1. The molecule has 1 aromatic carbocycles. The highest BCUT2D eigenvalue weighted by Gasteiger charge is 2.20. The Hall–Kier alpha value is -1.84. The second kappa shape index (κ2) is 3.32. The molecule has 0 bridgehead atoms. The molecule has 0 N–H and O–H groups in total. The Morgan fingerprint density at radius 2 is 2.18 bits per heavy atom. The summed E-state index contributed by atoms with van der Waals surface area (Å²) in [5, 5.41) is 0.405. The summed E-state index contributed by atoms with van der Waals surface area (Å²) in [6.45, 7) is 4.62. The van der Waals surface area contributed by atoms with Crippen molar-refractivity contribution in [3.63, 3.8) is 0 Å². The van der Waals surface area contributed by atoms with E-state index in [1.54, 1.807) is 13.8 Å². The van der Waals surface area contributed by atoms with Crippen LogP contribution in [0, 0.1) is 19.7 Å². The Balaban J connectivity index is 2.60. The molecule has 0 fully saturated rings. The number of ether oxygens (including phenoxy) is 1. The van der Waals surface area contributed by atoms with Crippen molar-refractivity contribution in [3.05, 3.63) is 39.4 Å². The number of aryl methyl sites for hydroxylation is 1. The van der Waals surface area contributed by atoms with Crippen LogP contribution in [0.3, 0.4) is 0 Å². The molecule has 2 heterocycles. The van der Waals surface area contributed by atoms with Crippen LogP contribution in [-0.4, -0.2) is 11.2 Å². The van der Waals surface area contributed by atoms with Gasteiger partial charge in [-0.25, -0.2) is 4.39 Å². The smallest absolute Gasteiger partial charge is 0.192 e. The largest absolute Gasteiger partial charge is 0.489 e. The van der Waals surface area contributed by atoms with Gasteiger partial charge >= 0.3 is 0 Å². The van der Waals surface area contributed by atoms with Crippen molar-refractivity contribution in [3.8, 4) is 5.75 Å². The maximum Gasteiger partial charge on any atom is 0.192 e. The van der Waals surface area contributed by atoms with E-state index < -0.39 is 0 Å². The Kier molecular flexibility index (Phi) is 2.02. The zero-order valence-corrected chi connectivity index (χ0v) is 9.71. The second-order valence-corrected chi connectivity index (χ2v) is 4.39. The molecule has 0 radical (unpaired) electrons. The normalized spacial score (nSPS) is 13.8. The molecule has 2 aromatic rings. The summed E-state index contributed by atoms with van der Waals surface area (Å²) in [5.41, 5.74) is 1.69. The van der Waals surface area contributed by atoms with Gasteiger partial charge in [-0.3, -0.25) is 4.79 Å². The number of hydrogen-bond acceptors (Lipinski definition) is 2. The average molecular weight is 233 g/mol. The molecule has 0 saturated heterocycles. The third-order valence-corrected chi connectivity index (χ3v) is 3.26. The molecule has 3 nitrogen and oxygen atoms in total. The van der Waals surface area contributed by atoms with Crippen LogP contribution in [0.4, 0.5) is 4.39 Å². The predicted molar refractivity (Wildman–Crippen MR) is 63.1 cm³/mol. The number of nitrogens with zero attached hydrogens (tertiary/aromatic N) is 1. The third-order valence-electron chi connectivity index (χ3n) is 3.26. The third kappa shape index (κ3) is 1.30. The van der Waals surface area contributed by atoms with Gasteiger partial charge in [-0.05, 0) is 19.9 Å². The number of pyridine rings is 1. The minimum atomic E-state index is -0.386. The van der Waals surface area contributed by atoms with Gasteiger partial charge in [0.2, 0.25) is 0 Å². The molecule has 0 unspecified atom stereocenters. The zero-order valence-electron chi connectivity index (χ0n) is 9.71. The van der Waals surface area contributed by atoms with E-state index in [2.05, 4.69) is 0 Å². The second-order valence-electron chi connectivity index (χ2n) is 4.39. The summed E-state index contributed by atoms with van der Waals surface area (Å²) in [4.78, 5) is 12.0. The average Bonchev–Trinajstić information content (AvgIpc) is 2.31. The van der Waals surface area contributed by atoms with E-state index in [1.165, 1.54) is 6.07 Å². The molecule has 0 atom stereocenters. The standard InChI is InChI=1S/C13H12FNO2/c1-7-6-15-3-4-17-13-8(2)10(14)5-9(11(13)15)12(7)16/h5-6H,3-4H2,1-2H3. The van der Waals surface area contributed by atoms with Gasteiger partial charge in [-0.1, -0.05) is 0 Å². The van der Waals surface area contributed by atoms with Crippen molar-refractivity contribution in [2.75, 3.05) is 6.61 Å². The van der Waals surface area contributed by atoms with Crippen molar-refractivity contribution in [1.29, 1.82) is 0 Å². The molecule has 88 valence electrons. The lowest BCUT2D eigenvalue weighted by molar-refractivity contribution is 0.282. The number of aromatic nitrogens is 1. The van der Waals surface area contributed by atoms with Crippen LogP contribution >= 0.6 is 0 Å². The maximum absolute atomic E-state index is 13.7. The van der Waals surface area contributed by atoms with Gasteiger partial charge in [-0.2, -0.15) is 0 Å². The van der Waals surface area contributed by atoms with E-state index in [4.69, 9.17) is 4.74 Å². The summed E-state index contributed by atoms with van der Waals surface area (Å²) in [5.74, 6) is 0.118. The molecular formula is C13H12FNO2. The molecule has 4 heteroatoms. The van der Waals surface area contributed by atoms with Gasteiger partial charge < -0.3 is 9.30 Å². The molecule has 17 heavy (non-hydrogen) atoms. The summed E-state index contributed by atoms with van der Waals surface area (Å²) in [7, 11) is 0. The summed E-state index contributed by atoms with van der Waals surface area (Å²) in [6.07, 6.45) is 1.81. The van der Waals surface area contributed by atoms with E-state index in [9.17, 15) is 9.18 Å². The van der Waals surface area contributed by atoms with Crippen molar-refractivity contribution in [2.24, 2.45) is 0 Å². The molecule has 1 aliphatic heterocycles. The highest BCUT2D eigenvalue weighted by Crippen LogP contribution is 2.32. The van der Waals surface area contributed by atoms with E-state index in [0.717, 1.165) is 0 Å². The lowest BCUT2D eigenvalue weighted by Gasteiger charge is -2.22. The number of rotatable bonds is 0. The van der Waals surface area contributed by atoms with Gasteiger partial charge in [0.1, 0.15) is 18.2 Å². The van der Waals surface area contributed by atoms with Crippen molar-refractivity contribution >= 4 is 10.9 Å². The summed E-state index contributed by atoms with van der Waals surface area (Å²) < 4.78 is 21.2. The number of hydrogen-bond donors (Lipinski definition) is 0. The lowest BCUT2D eigenvalue weighted by atomic mass is 10.1. The van der Waals surface area contributed by atoms with Gasteiger partial charge in [0.15, 0.2) is 5.43 Å². The topological polar surface area (TPSA) is 31.2 Å². The maximum atomic E-state index is 13.7. The molecule has 0 aliphatic carbocycles. The van der Waals surface area contributed by atoms with Crippen molar-refractivity contribution < 1.29 is 9.13 Å². The molecule has 1 aromatic heterocycles. The number of halogens is 1. The van der Waals surface area contributed by atoms with Crippen LogP contribution < -0.4 is 10.2 Å². The molecular weight excluding hydrogens is 221 g/mol. The first-order valence-electron chi connectivity index (χ1n) is 5.55. The van der Waals surface area contributed by atoms with Crippen molar-refractivity contribution in [1.82, 2.24) is 4.57 Å². The first-order chi connectivity index (χ1) is 8.09. The fourth-order valence-corrected chi connectivity index (χ4v) is 2.34. The molecule has 0 amide bonds. The van der Waals surface area contributed by atoms with Gasteiger partial charge in [-0.15, -0.1) is 0 Å². The zero-order chi connectivity index (χ0) is 12.2. The van der Waals surface area contributed by atoms with Gasteiger partial charge in [0, 0.05) is 17.3 Å². The quantitative estimate of drug-likeness (QED) is 0.698. The Bertz CT molecular complexity index is 688. The first kappa shape index (κ1) is 10.3. The van der Waals surface area contributed by atoms with Crippen LogP contribution in [0.15, 0.2) is 17.1 Å². The van der Waals surface area contributed by atoms with Crippen LogP contribution in [0.5, 0.6) is 5.75 Å². The fourth-order valence-electron chi connectivity index (χ4n) is 2.34. The van der Waals surface area contributed by atoms with E-state index >= 15 is 0 Å². The van der Waals surface area contributed by atoms with E-state index in [-0.39, 0.29) is 11.2 Å². The summed E-state index contributed by atoms with van der Waals surface area (Å²) >= 11 is 0. The molecule has 0 spiro atoms.